The predicted molar refractivity (Wildman–Crippen MR) is 227 cm³/mol. The van der Waals surface area contributed by atoms with Crippen LogP contribution in [-0.4, -0.2) is 94.7 Å². The summed E-state index contributed by atoms with van der Waals surface area (Å²) in [5.74, 6) is 6.15. The van der Waals surface area contributed by atoms with Crippen LogP contribution in [0.4, 0.5) is 16.2 Å². The Hall–Kier alpha value is -4.14. The number of carbonyl (C=O) groups is 2. The van der Waals surface area contributed by atoms with Crippen molar-refractivity contribution in [1.29, 1.82) is 0 Å². The number of unbranched alkanes of at least 4 members (excludes halogenated alkanes) is 2. The van der Waals surface area contributed by atoms with E-state index in [4.69, 9.17) is 18.9 Å². The van der Waals surface area contributed by atoms with E-state index in [0.29, 0.717) is 59.2 Å². The van der Waals surface area contributed by atoms with Crippen LogP contribution in [0.1, 0.15) is 96.6 Å². The van der Waals surface area contributed by atoms with Crippen molar-refractivity contribution in [2.45, 2.75) is 102 Å². The highest BCUT2D eigenvalue weighted by atomic mass is 35.5. The fourth-order valence-electron chi connectivity index (χ4n) is 8.00. The number of amides is 2. The van der Waals surface area contributed by atoms with Gasteiger partial charge in [-0.1, -0.05) is 81.0 Å². The van der Waals surface area contributed by atoms with Crippen molar-refractivity contribution in [2.75, 3.05) is 71.2 Å². The van der Waals surface area contributed by atoms with E-state index < -0.39 is 6.09 Å². The van der Waals surface area contributed by atoms with E-state index in [1.165, 1.54) is 33.9 Å². The normalized spacial score (nSPS) is 18.5. The molecule has 1 aliphatic carbocycles. The molecule has 1 atom stereocenters. The lowest BCUT2D eigenvalue weighted by molar-refractivity contribution is -0.401. The zero-order chi connectivity index (χ0) is 40.5. The number of allylic oxidation sites excluding steroid dienone is 4. The number of nitrogens with one attached hydrogen (secondary N) is 2. The van der Waals surface area contributed by atoms with Crippen molar-refractivity contribution in [3.05, 3.63) is 83.6 Å². The van der Waals surface area contributed by atoms with E-state index in [-0.39, 0.29) is 35.2 Å². The van der Waals surface area contributed by atoms with Gasteiger partial charge in [-0.3, -0.25) is 4.79 Å². The number of nitrogens with zero attached hydrogens (tertiary/aromatic N) is 2. The van der Waals surface area contributed by atoms with Crippen LogP contribution < -0.4 is 27.9 Å². The molecule has 2 aromatic carbocycles. The number of fused-ring (bicyclic) bond motifs is 2. The highest BCUT2D eigenvalue weighted by molar-refractivity contribution is 6.03. The third-order valence-corrected chi connectivity index (χ3v) is 11.1. The smallest absolute Gasteiger partial charge is 0.408 e. The first-order valence-corrected chi connectivity index (χ1v) is 21.0. The van der Waals surface area contributed by atoms with Crippen molar-refractivity contribution >= 4 is 29.1 Å². The average molecular weight is 818 g/mol. The molecule has 0 saturated carbocycles. The number of para-hydroxylation sites is 2. The molecule has 2 aromatic rings. The van der Waals surface area contributed by atoms with Gasteiger partial charge in [0.2, 0.25) is 11.6 Å². The Morgan fingerprint density at radius 1 is 0.828 bits per heavy atom. The predicted octanol–water partition coefficient (Wildman–Crippen LogP) is 4.72. The van der Waals surface area contributed by atoms with E-state index in [2.05, 4.69) is 133 Å². The summed E-state index contributed by atoms with van der Waals surface area (Å²) < 4.78 is 24.4. The van der Waals surface area contributed by atoms with Gasteiger partial charge >= 0.3 is 6.09 Å². The molecule has 0 saturated heterocycles. The molecule has 58 heavy (non-hydrogen) atoms. The maximum atomic E-state index is 12.5. The molecule has 0 aromatic heterocycles. The first kappa shape index (κ1) is 46.5. The van der Waals surface area contributed by atoms with Crippen LogP contribution in [0.3, 0.4) is 0 Å². The lowest BCUT2D eigenvalue weighted by atomic mass is 9.81. The average Bonchev–Trinajstić information content (AvgIpc) is 3.52. The Balaban J connectivity index is 0.00000744. The second kappa shape index (κ2) is 23.5. The molecule has 3 aliphatic rings. The first-order valence-electron chi connectivity index (χ1n) is 21.0. The second-order valence-corrected chi connectivity index (χ2v) is 16.0. The highest BCUT2D eigenvalue weighted by Gasteiger charge is 2.43. The monoisotopic (exact) mass is 816 g/mol. The van der Waals surface area contributed by atoms with Crippen LogP contribution >= 0.6 is 0 Å². The molecule has 5 rings (SSSR count). The van der Waals surface area contributed by atoms with Gasteiger partial charge < -0.3 is 46.9 Å². The van der Waals surface area contributed by atoms with Crippen LogP contribution in [0.5, 0.6) is 0 Å². The molecule has 1 unspecified atom stereocenters. The maximum absolute atomic E-state index is 12.5. The summed E-state index contributed by atoms with van der Waals surface area (Å²) in [5, 5.41) is 5.67. The van der Waals surface area contributed by atoms with E-state index in [9.17, 15) is 9.59 Å². The van der Waals surface area contributed by atoms with Gasteiger partial charge in [-0.25, -0.2) is 4.79 Å². The third kappa shape index (κ3) is 12.9. The Kier molecular flexibility index (Phi) is 18.8. The Bertz CT molecular complexity index is 1810. The van der Waals surface area contributed by atoms with Gasteiger partial charge in [0.05, 0.1) is 45.1 Å². The summed E-state index contributed by atoms with van der Waals surface area (Å²) in [6.07, 6.45) is 14.3. The number of carbonyl (C=O) groups excluding carboxylic acids is 2. The number of halogens is 1. The summed E-state index contributed by atoms with van der Waals surface area (Å²) in [6.45, 7) is 13.5. The van der Waals surface area contributed by atoms with E-state index in [0.717, 1.165) is 57.9 Å². The number of hydrogen-bond donors (Lipinski definition) is 2. The SMILES string of the molecule is C[N+]1=C(/C=C/C=C2/N(CCCCCC(=O)NCCOCCOCCOCCNC(=O)OC3C#CCCCCC3)c3ccccc3C2(C)C)C(C)(C)c2ccccc21.[Cl-]. The summed E-state index contributed by atoms with van der Waals surface area (Å²) in [4.78, 5) is 26.9. The molecule has 2 N–H and O–H groups in total. The van der Waals surface area contributed by atoms with Crippen LogP contribution in [0, 0.1) is 11.8 Å². The van der Waals surface area contributed by atoms with Crippen molar-refractivity contribution in [2.24, 2.45) is 0 Å². The standard InChI is InChI=1S/C47H64N4O6.ClH/c1-46(2)38-21-13-15-23-40(38)50(5)42(46)25-18-26-43-47(3,4)39-22-14-16-24-41(39)51(43)30-17-9-12-27-44(52)48-28-31-54-33-35-56-36-34-55-32-29-49-45(53)57-37-19-10-7-6-8-11-20-37;/h13-16,18,21-26,37H,6-10,12,17,19,27-36H2,1-5H3,(H-,48,49,52,53);1H. The number of ether oxygens (including phenoxy) is 4. The molecule has 316 valence electrons. The molecule has 10 nitrogen and oxygen atoms in total. The number of anilines is 1. The van der Waals surface area contributed by atoms with Crippen molar-refractivity contribution in [1.82, 2.24) is 10.6 Å². The zero-order valence-electron chi connectivity index (χ0n) is 35.4. The summed E-state index contributed by atoms with van der Waals surface area (Å²) >= 11 is 0. The minimum atomic E-state index is -0.457. The Labute approximate surface area is 353 Å². The Morgan fingerprint density at radius 3 is 2.24 bits per heavy atom. The number of rotatable bonds is 21. The third-order valence-electron chi connectivity index (χ3n) is 11.1. The second-order valence-electron chi connectivity index (χ2n) is 16.0. The van der Waals surface area contributed by atoms with Crippen LogP contribution in [0.15, 0.2) is 72.5 Å². The number of alkyl carbamates (subject to hydrolysis) is 1. The van der Waals surface area contributed by atoms with Crippen LogP contribution in [0.25, 0.3) is 0 Å². The van der Waals surface area contributed by atoms with Crippen molar-refractivity contribution in [3.8, 4) is 11.8 Å². The maximum Gasteiger partial charge on any atom is 0.408 e. The fraction of sp³-hybridized carbons (Fsp3) is 0.553. The minimum absolute atomic E-state index is 0. The molecule has 0 spiro atoms. The molecule has 0 bridgehead atoms. The molecule has 0 fully saturated rings. The van der Waals surface area contributed by atoms with Gasteiger partial charge in [0.15, 0.2) is 11.8 Å². The fourth-order valence-corrected chi connectivity index (χ4v) is 8.00. The highest BCUT2D eigenvalue weighted by Crippen LogP contribution is 2.48. The van der Waals surface area contributed by atoms with Crippen LogP contribution in [-0.2, 0) is 34.6 Å². The van der Waals surface area contributed by atoms with E-state index >= 15 is 0 Å². The Morgan fingerprint density at radius 2 is 1.50 bits per heavy atom. The van der Waals surface area contributed by atoms with Crippen molar-refractivity contribution < 1.29 is 45.5 Å². The van der Waals surface area contributed by atoms with E-state index in [1.54, 1.807) is 0 Å². The summed E-state index contributed by atoms with van der Waals surface area (Å²) in [5.41, 5.74) is 7.66. The topological polar surface area (TPSA) is 101 Å². The first-order chi connectivity index (χ1) is 27.6. The molecule has 2 heterocycles. The molecular formula is C47H65ClN4O6. The molecule has 0 radical (unpaired) electrons. The quantitative estimate of drug-likeness (QED) is 0.107. The van der Waals surface area contributed by atoms with Gasteiger partial charge in [-0.2, -0.15) is 4.58 Å². The molecule has 2 aliphatic heterocycles. The van der Waals surface area contributed by atoms with E-state index in [1.807, 2.05) is 0 Å². The van der Waals surface area contributed by atoms with Gasteiger partial charge in [-0.05, 0) is 63.7 Å². The molecule has 11 heteroatoms. The summed E-state index contributed by atoms with van der Waals surface area (Å²) in [7, 11) is 2.16. The zero-order valence-corrected chi connectivity index (χ0v) is 36.1. The van der Waals surface area contributed by atoms with Gasteiger partial charge in [0.25, 0.3) is 0 Å². The van der Waals surface area contributed by atoms with Crippen molar-refractivity contribution in [3.63, 3.8) is 0 Å². The minimum Gasteiger partial charge on any atom is -1.00 e. The molecular weight excluding hydrogens is 752 g/mol. The lowest BCUT2D eigenvalue weighted by Gasteiger charge is -2.27. The lowest BCUT2D eigenvalue weighted by Crippen LogP contribution is -3.00. The number of benzene rings is 2. The van der Waals surface area contributed by atoms with Gasteiger partial charge in [0, 0.05) is 67.0 Å². The summed E-state index contributed by atoms with van der Waals surface area (Å²) in [6, 6.07) is 17.4. The van der Waals surface area contributed by atoms with Crippen LogP contribution in [0.2, 0.25) is 0 Å². The molecule has 2 amide bonds. The largest absolute Gasteiger partial charge is 1.00 e. The van der Waals surface area contributed by atoms with Gasteiger partial charge in [-0.15, -0.1) is 0 Å². The number of hydrogen-bond acceptors (Lipinski definition) is 7. The van der Waals surface area contributed by atoms with Gasteiger partial charge in [0.1, 0.15) is 7.05 Å².